The molecule has 0 spiro atoms. The molecular formula is C14H29NO5. The highest BCUT2D eigenvalue weighted by atomic mass is 16.5. The summed E-state index contributed by atoms with van der Waals surface area (Å²) >= 11 is 0. The van der Waals surface area contributed by atoms with Crippen molar-refractivity contribution in [2.45, 2.75) is 32.7 Å². The summed E-state index contributed by atoms with van der Waals surface area (Å²) < 4.78 is 15.6. The number of rotatable bonds is 12. The second-order valence-electron chi connectivity index (χ2n) is 5.52. The summed E-state index contributed by atoms with van der Waals surface area (Å²) in [6.07, 6.45) is 0.150. The highest BCUT2D eigenvalue weighted by Gasteiger charge is 2.21. The maximum absolute atomic E-state index is 10.6. The fourth-order valence-electron chi connectivity index (χ4n) is 1.65. The van der Waals surface area contributed by atoms with Crippen molar-refractivity contribution in [1.82, 2.24) is 4.90 Å². The maximum atomic E-state index is 10.6. The van der Waals surface area contributed by atoms with Gasteiger partial charge in [-0.3, -0.25) is 9.69 Å². The topological polar surface area (TPSA) is 68.2 Å². The van der Waals surface area contributed by atoms with Crippen LogP contribution in [0.2, 0.25) is 0 Å². The van der Waals surface area contributed by atoms with Gasteiger partial charge in [-0.1, -0.05) is 0 Å². The summed E-state index contributed by atoms with van der Waals surface area (Å²) in [4.78, 5) is 12.8. The Hall–Kier alpha value is -0.690. The van der Waals surface area contributed by atoms with E-state index in [4.69, 9.17) is 19.3 Å². The van der Waals surface area contributed by atoms with Crippen molar-refractivity contribution >= 4 is 5.97 Å². The first-order valence-corrected chi connectivity index (χ1v) is 6.99. The van der Waals surface area contributed by atoms with E-state index in [2.05, 4.69) is 25.7 Å². The second kappa shape index (κ2) is 11.0. The predicted molar refractivity (Wildman–Crippen MR) is 77.1 cm³/mol. The van der Waals surface area contributed by atoms with Crippen LogP contribution in [0, 0.1) is 0 Å². The molecule has 0 saturated heterocycles. The molecule has 6 heteroatoms. The largest absolute Gasteiger partial charge is 0.481 e. The highest BCUT2D eigenvalue weighted by Crippen LogP contribution is 2.13. The van der Waals surface area contributed by atoms with Crippen molar-refractivity contribution in [3.8, 4) is 0 Å². The van der Waals surface area contributed by atoms with E-state index < -0.39 is 5.97 Å². The van der Waals surface area contributed by atoms with Crippen molar-refractivity contribution in [2.24, 2.45) is 0 Å². The molecule has 0 aliphatic rings. The van der Waals surface area contributed by atoms with Crippen LogP contribution in [0.4, 0.5) is 0 Å². The number of carbonyl (C=O) groups is 1. The molecule has 0 atom stereocenters. The van der Waals surface area contributed by atoms with Gasteiger partial charge in [-0.25, -0.2) is 0 Å². The lowest BCUT2D eigenvalue weighted by atomic mass is 10.1. The molecule has 0 fully saturated rings. The van der Waals surface area contributed by atoms with Crippen molar-refractivity contribution in [2.75, 3.05) is 53.2 Å². The molecule has 0 bridgehead atoms. The van der Waals surface area contributed by atoms with E-state index in [-0.39, 0.29) is 12.0 Å². The third kappa shape index (κ3) is 11.2. The first-order chi connectivity index (χ1) is 9.38. The Bertz CT molecular complexity index is 252. The standard InChI is InChI=1S/C14H29NO5/c1-14(2,3)15(6-5-13(16)17)7-8-19-11-12-20-10-9-18-4/h5-12H2,1-4H3,(H,16,17). The van der Waals surface area contributed by atoms with Gasteiger partial charge >= 0.3 is 5.97 Å². The molecule has 1 N–H and O–H groups in total. The Labute approximate surface area is 122 Å². The number of hydrogen-bond acceptors (Lipinski definition) is 5. The lowest BCUT2D eigenvalue weighted by Gasteiger charge is -2.35. The average molecular weight is 291 g/mol. The average Bonchev–Trinajstić information content (AvgIpc) is 2.34. The minimum absolute atomic E-state index is 0.0617. The van der Waals surface area contributed by atoms with E-state index in [0.717, 1.165) is 6.54 Å². The van der Waals surface area contributed by atoms with Crippen LogP contribution in [0.5, 0.6) is 0 Å². The zero-order valence-corrected chi connectivity index (χ0v) is 13.2. The molecule has 0 radical (unpaired) electrons. The Balaban J connectivity index is 3.72. The molecule has 0 aliphatic carbocycles. The van der Waals surface area contributed by atoms with Gasteiger partial charge in [0.05, 0.1) is 39.5 Å². The summed E-state index contributed by atoms with van der Waals surface area (Å²) in [5, 5.41) is 8.76. The fourth-order valence-corrected chi connectivity index (χ4v) is 1.65. The van der Waals surface area contributed by atoms with Crippen molar-refractivity contribution in [3.05, 3.63) is 0 Å². The van der Waals surface area contributed by atoms with Gasteiger partial charge in [-0.15, -0.1) is 0 Å². The highest BCUT2D eigenvalue weighted by molar-refractivity contribution is 5.66. The lowest BCUT2D eigenvalue weighted by molar-refractivity contribution is -0.137. The normalized spacial score (nSPS) is 12.1. The number of carboxylic acid groups (broad SMARTS) is 1. The van der Waals surface area contributed by atoms with Gasteiger partial charge in [0, 0.05) is 25.7 Å². The minimum atomic E-state index is -0.772. The number of methoxy groups -OCH3 is 1. The summed E-state index contributed by atoms with van der Waals surface area (Å²) in [6.45, 7) is 10.3. The molecular weight excluding hydrogens is 262 g/mol. The molecule has 0 aromatic carbocycles. The van der Waals surface area contributed by atoms with Crippen LogP contribution in [0.3, 0.4) is 0 Å². The minimum Gasteiger partial charge on any atom is -0.481 e. The van der Waals surface area contributed by atoms with Crippen LogP contribution < -0.4 is 0 Å². The van der Waals surface area contributed by atoms with Gasteiger partial charge in [0.1, 0.15) is 0 Å². The molecule has 0 rings (SSSR count). The number of ether oxygens (including phenoxy) is 3. The first kappa shape index (κ1) is 19.3. The molecule has 6 nitrogen and oxygen atoms in total. The first-order valence-electron chi connectivity index (χ1n) is 6.99. The Kier molecular flexibility index (Phi) is 10.6. The van der Waals surface area contributed by atoms with E-state index in [1.807, 2.05) is 0 Å². The zero-order valence-electron chi connectivity index (χ0n) is 13.2. The molecule has 0 aromatic rings. The SMILES string of the molecule is COCCOCCOCCN(CCC(=O)O)C(C)(C)C. The third-order valence-electron chi connectivity index (χ3n) is 2.85. The zero-order chi connectivity index (χ0) is 15.4. The maximum Gasteiger partial charge on any atom is 0.304 e. The summed E-state index contributed by atoms with van der Waals surface area (Å²) in [6, 6.07) is 0. The van der Waals surface area contributed by atoms with E-state index in [0.29, 0.717) is 39.6 Å². The molecule has 0 heterocycles. The van der Waals surface area contributed by atoms with Crippen LogP contribution >= 0.6 is 0 Å². The van der Waals surface area contributed by atoms with E-state index in [9.17, 15) is 4.79 Å². The molecule has 0 saturated carbocycles. The van der Waals surface area contributed by atoms with Gasteiger partial charge in [-0.05, 0) is 20.8 Å². The molecule has 0 aromatic heterocycles. The Morgan fingerprint density at radius 3 is 2.05 bits per heavy atom. The third-order valence-corrected chi connectivity index (χ3v) is 2.85. The van der Waals surface area contributed by atoms with E-state index in [1.54, 1.807) is 7.11 Å². The van der Waals surface area contributed by atoms with Crippen molar-refractivity contribution in [3.63, 3.8) is 0 Å². The van der Waals surface area contributed by atoms with Crippen molar-refractivity contribution in [1.29, 1.82) is 0 Å². The summed E-state index contributed by atoms with van der Waals surface area (Å²) in [5.74, 6) is -0.772. The van der Waals surface area contributed by atoms with Crippen LogP contribution in [0.1, 0.15) is 27.2 Å². The number of hydrogen-bond donors (Lipinski definition) is 1. The van der Waals surface area contributed by atoms with Crippen LogP contribution in [0.25, 0.3) is 0 Å². The van der Waals surface area contributed by atoms with Crippen LogP contribution in [-0.2, 0) is 19.0 Å². The lowest BCUT2D eigenvalue weighted by Crippen LogP contribution is -2.44. The van der Waals surface area contributed by atoms with Gasteiger partial charge in [-0.2, -0.15) is 0 Å². The molecule has 0 aliphatic heterocycles. The quantitative estimate of drug-likeness (QED) is 0.546. The Morgan fingerprint density at radius 1 is 1.00 bits per heavy atom. The number of aliphatic carboxylic acids is 1. The number of nitrogens with zero attached hydrogens (tertiary/aromatic N) is 1. The summed E-state index contributed by atoms with van der Waals surface area (Å²) in [5.41, 5.74) is -0.0617. The van der Waals surface area contributed by atoms with E-state index >= 15 is 0 Å². The van der Waals surface area contributed by atoms with Gasteiger partial charge in [0.25, 0.3) is 0 Å². The predicted octanol–water partition coefficient (Wildman–Crippen LogP) is 1.24. The van der Waals surface area contributed by atoms with Crippen LogP contribution in [0.15, 0.2) is 0 Å². The number of carboxylic acids is 1. The Morgan fingerprint density at radius 2 is 1.55 bits per heavy atom. The fraction of sp³-hybridized carbons (Fsp3) is 0.929. The van der Waals surface area contributed by atoms with Crippen molar-refractivity contribution < 1.29 is 24.1 Å². The molecule has 0 amide bonds. The second-order valence-corrected chi connectivity index (χ2v) is 5.52. The van der Waals surface area contributed by atoms with Gasteiger partial charge < -0.3 is 19.3 Å². The smallest absolute Gasteiger partial charge is 0.304 e. The van der Waals surface area contributed by atoms with E-state index in [1.165, 1.54) is 0 Å². The molecule has 0 unspecified atom stereocenters. The van der Waals surface area contributed by atoms with Gasteiger partial charge in [0.15, 0.2) is 0 Å². The van der Waals surface area contributed by atoms with Crippen LogP contribution in [-0.4, -0.2) is 74.7 Å². The molecule has 20 heavy (non-hydrogen) atoms. The molecule has 120 valence electrons. The van der Waals surface area contributed by atoms with Gasteiger partial charge in [0.2, 0.25) is 0 Å². The summed E-state index contributed by atoms with van der Waals surface area (Å²) in [7, 11) is 1.64. The monoisotopic (exact) mass is 291 g/mol.